The number of nitrogens with one attached hydrogen (secondary N) is 7. The fourth-order valence-corrected chi connectivity index (χ4v) is 5.72. The summed E-state index contributed by atoms with van der Waals surface area (Å²) in [5.74, 6) is -11.4. The third-order valence-corrected chi connectivity index (χ3v) is 9.18. The summed E-state index contributed by atoms with van der Waals surface area (Å²) in [7, 11) is 0. The van der Waals surface area contributed by atoms with Gasteiger partial charge in [-0.25, -0.2) is 4.79 Å². The molecular weight excluding hydrogens is 832 g/mol. The van der Waals surface area contributed by atoms with Crippen LogP contribution in [0.2, 0.25) is 0 Å². The first-order valence-corrected chi connectivity index (χ1v) is 20.6. The number of carboxylic acid groups (broad SMARTS) is 3. The normalized spacial score (nSPS) is 14.8. The van der Waals surface area contributed by atoms with E-state index in [2.05, 4.69) is 42.2 Å². The van der Waals surface area contributed by atoms with Crippen LogP contribution in [0.1, 0.15) is 99.3 Å². The van der Waals surface area contributed by atoms with Crippen LogP contribution in [0.4, 0.5) is 0 Å². The Morgan fingerprint density at radius 1 is 0.540 bits per heavy atom. The minimum atomic E-state index is -1.80. The molecule has 18 N–H and O–H groups in total. The molecule has 0 aliphatic carbocycles. The Kier molecular flexibility index (Phi) is 26.4. The summed E-state index contributed by atoms with van der Waals surface area (Å²) in [6, 6.07) is -10.9. The molecule has 0 bridgehead atoms. The van der Waals surface area contributed by atoms with Crippen molar-refractivity contribution in [1.29, 1.82) is 0 Å². The SMILES string of the molecule is CC(C)C[C@H](NC(=O)[C@H](C)NC(=O)[C@H](CCCN=C(N)N)NC(=O)[C@H](CCC(=O)O)NC(=O)[C@@H](NC(=O)[C@H](C)N)C(C)C)C(=O)N[C@@H](CCCCN)C(=O)N[C@@H](CC(=O)O)C(=O)O. The zero-order valence-corrected chi connectivity index (χ0v) is 36.7. The van der Waals surface area contributed by atoms with Crippen molar-refractivity contribution < 1.29 is 63.3 Å². The highest BCUT2D eigenvalue weighted by atomic mass is 16.4. The van der Waals surface area contributed by atoms with Crippen molar-refractivity contribution in [3.63, 3.8) is 0 Å². The van der Waals surface area contributed by atoms with E-state index in [4.69, 9.17) is 28.0 Å². The molecule has 63 heavy (non-hydrogen) atoms. The average Bonchev–Trinajstić information content (AvgIpc) is 3.17. The van der Waals surface area contributed by atoms with E-state index in [0.29, 0.717) is 12.8 Å². The molecule has 0 radical (unpaired) electrons. The van der Waals surface area contributed by atoms with E-state index in [9.17, 15) is 58.2 Å². The predicted molar refractivity (Wildman–Crippen MR) is 227 cm³/mol. The number of carboxylic acids is 3. The van der Waals surface area contributed by atoms with Crippen LogP contribution >= 0.6 is 0 Å². The van der Waals surface area contributed by atoms with Crippen LogP contribution in [-0.2, 0) is 47.9 Å². The number of carbonyl (C=O) groups is 10. The lowest BCUT2D eigenvalue weighted by Crippen LogP contribution is -2.60. The highest BCUT2D eigenvalue weighted by Gasteiger charge is 2.34. The molecule has 25 nitrogen and oxygen atoms in total. The highest BCUT2D eigenvalue weighted by Crippen LogP contribution is 2.11. The molecule has 0 aromatic heterocycles. The molecule has 0 spiro atoms. The number of guanidine groups is 1. The molecule has 0 aromatic rings. The molecule has 0 unspecified atom stereocenters. The van der Waals surface area contributed by atoms with Gasteiger partial charge < -0.3 is 75.5 Å². The molecule has 0 saturated carbocycles. The molecule has 7 amide bonds. The Labute approximate surface area is 365 Å². The zero-order valence-electron chi connectivity index (χ0n) is 36.7. The summed E-state index contributed by atoms with van der Waals surface area (Å²) in [5, 5.41) is 44.9. The van der Waals surface area contributed by atoms with Crippen LogP contribution in [0, 0.1) is 11.8 Å². The average molecular weight is 901 g/mol. The van der Waals surface area contributed by atoms with Gasteiger partial charge in [0.2, 0.25) is 41.4 Å². The molecule has 0 aromatic carbocycles. The van der Waals surface area contributed by atoms with Crippen LogP contribution in [0.5, 0.6) is 0 Å². The van der Waals surface area contributed by atoms with Gasteiger partial charge in [-0.2, -0.15) is 0 Å². The van der Waals surface area contributed by atoms with Gasteiger partial charge in [0.25, 0.3) is 0 Å². The van der Waals surface area contributed by atoms with Gasteiger partial charge in [-0.15, -0.1) is 0 Å². The van der Waals surface area contributed by atoms with E-state index in [1.165, 1.54) is 13.8 Å². The number of hydrogen-bond donors (Lipinski definition) is 14. The largest absolute Gasteiger partial charge is 0.481 e. The first-order valence-electron chi connectivity index (χ1n) is 20.6. The Morgan fingerprint density at radius 3 is 1.48 bits per heavy atom. The Balaban J connectivity index is 6.39. The molecular formula is C38H68N12O13. The summed E-state index contributed by atoms with van der Waals surface area (Å²) >= 11 is 0. The number of amides is 7. The fourth-order valence-electron chi connectivity index (χ4n) is 5.72. The number of aliphatic imine (C=N–C) groups is 1. The molecule has 358 valence electrons. The second-order valence-electron chi connectivity index (χ2n) is 15.8. The number of nitrogens with zero attached hydrogens (tertiary/aromatic N) is 1. The second-order valence-corrected chi connectivity index (χ2v) is 15.8. The maximum Gasteiger partial charge on any atom is 0.326 e. The zero-order chi connectivity index (χ0) is 48.6. The topological polar surface area (TPSA) is 432 Å². The van der Waals surface area contributed by atoms with Crippen molar-refractivity contribution in [3.8, 4) is 0 Å². The standard InChI is InChI=1S/C38H68N12O13/c1-18(2)16-25(35(60)46-22(10-7-8-14-39)33(58)49-26(37(62)63)17-28(53)54)48-31(56)21(6)44-32(57)23(11-9-15-43-38(41)42)45-34(59)24(12-13-27(51)52)47-36(61)29(19(3)4)50-30(55)20(5)40/h18-26,29H,7-17,39-40H2,1-6H3,(H,44,57)(H,45,59)(H,46,60)(H,47,61)(H,48,56)(H,49,58)(H,50,55)(H,51,52)(H,53,54)(H,62,63)(H4,41,42,43)/t20-,21-,22-,23-,24-,25-,26-,29-/m0/s1. The maximum atomic E-state index is 13.7. The van der Waals surface area contributed by atoms with Crippen LogP contribution in [-0.4, -0.2) is 142 Å². The van der Waals surface area contributed by atoms with E-state index < -0.39 is 133 Å². The Bertz CT molecular complexity index is 1620. The summed E-state index contributed by atoms with van der Waals surface area (Å²) in [4.78, 5) is 131. The molecule has 0 aliphatic heterocycles. The van der Waals surface area contributed by atoms with Crippen molar-refractivity contribution in [3.05, 3.63) is 0 Å². The van der Waals surface area contributed by atoms with Gasteiger partial charge in [0.1, 0.15) is 42.3 Å². The number of unbranched alkanes of at least 4 members (excludes halogenated alkanes) is 1. The first kappa shape index (κ1) is 56.9. The lowest BCUT2D eigenvalue weighted by atomic mass is 10.0. The Hall–Kier alpha value is -6.11. The molecule has 0 rings (SSSR count). The van der Waals surface area contributed by atoms with Crippen molar-refractivity contribution in [1.82, 2.24) is 37.2 Å². The van der Waals surface area contributed by atoms with Crippen LogP contribution in [0.15, 0.2) is 4.99 Å². The van der Waals surface area contributed by atoms with Gasteiger partial charge in [-0.1, -0.05) is 27.7 Å². The minimum absolute atomic E-state index is 0.0113. The fraction of sp³-hybridized carbons (Fsp3) is 0.711. The summed E-state index contributed by atoms with van der Waals surface area (Å²) in [6.07, 6.45) is -1.17. The second kappa shape index (κ2) is 29.2. The van der Waals surface area contributed by atoms with E-state index in [1.54, 1.807) is 27.7 Å². The van der Waals surface area contributed by atoms with Gasteiger partial charge in [-0.05, 0) is 77.2 Å². The minimum Gasteiger partial charge on any atom is -0.481 e. The Morgan fingerprint density at radius 2 is 1.02 bits per heavy atom. The van der Waals surface area contributed by atoms with Crippen molar-refractivity contribution in [2.24, 2.45) is 39.8 Å². The summed E-state index contributed by atoms with van der Waals surface area (Å²) in [5.41, 5.74) is 22.0. The van der Waals surface area contributed by atoms with Crippen LogP contribution in [0.25, 0.3) is 0 Å². The summed E-state index contributed by atoms with van der Waals surface area (Å²) in [6.45, 7) is 9.67. The van der Waals surface area contributed by atoms with Gasteiger partial charge in [0.15, 0.2) is 5.96 Å². The number of hydrogen-bond acceptors (Lipinski definition) is 13. The van der Waals surface area contributed by atoms with Crippen molar-refractivity contribution >= 4 is 65.2 Å². The number of nitrogens with two attached hydrogens (primary N) is 4. The monoisotopic (exact) mass is 901 g/mol. The molecule has 8 atom stereocenters. The summed E-state index contributed by atoms with van der Waals surface area (Å²) < 4.78 is 0. The molecule has 0 saturated heterocycles. The first-order chi connectivity index (χ1) is 29.3. The highest BCUT2D eigenvalue weighted by molar-refractivity contribution is 5.97. The quantitative estimate of drug-likeness (QED) is 0.0179. The van der Waals surface area contributed by atoms with Crippen LogP contribution in [0.3, 0.4) is 0 Å². The van der Waals surface area contributed by atoms with Gasteiger partial charge in [0.05, 0.1) is 12.5 Å². The van der Waals surface area contributed by atoms with E-state index >= 15 is 0 Å². The third kappa shape index (κ3) is 23.6. The van der Waals surface area contributed by atoms with E-state index in [1.807, 2.05) is 0 Å². The number of aliphatic carboxylic acids is 3. The molecule has 25 heteroatoms. The van der Waals surface area contributed by atoms with Crippen molar-refractivity contribution in [2.75, 3.05) is 13.1 Å². The lowest BCUT2D eigenvalue weighted by molar-refractivity contribution is -0.147. The number of rotatable bonds is 31. The third-order valence-electron chi connectivity index (χ3n) is 9.18. The molecule has 0 heterocycles. The molecule has 0 aliphatic rings. The predicted octanol–water partition coefficient (Wildman–Crippen LogP) is -3.94. The van der Waals surface area contributed by atoms with Crippen molar-refractivity contribution in [2.45, 2.75) is 148 Å². The van der Waals surface area contributed by atoms with Crippen LogP contribution < -0.4 is 60.2 Å². The molecule has 0 fully saturated rings. The lowest BCUT2D eigenvalue weighted by Gasteiger charge is -2.28. The van der Waals surface area contributed by atoms with Gasteiger partial charge in [-0.3, -0.25) is 48.1 Å². The maximum absolute atomic E-state index is 13.7. The van der Waals surface area contributed by atoms with E-state index in [0.717, 1.165) is 0 Å². The van der Waals surface area contributed by atoms with Gasteiger partial charge >= 0.3 is 17.9 Å². The van der Waals surface area contributed by atoms with Gasteiger partial charge in [0, 0.05) is 13.0 Å². The van der Waals surface area contributed by atoms with E-state index in [-0.39, 0.29) is 50.7 Å². The number of carbonyl (C=O) groups excluding carboxylic acids is 7. The smallest absolute Gasteiger partial charge is 0.326 e.